The molecule has 0 saturated carbocycles. The smallest absolute Gasteiger partial charge is 0.00199 e. The molecule has 0 heteroatoms. The summed E-state index contributed by atoms with van der Waals surface area (Å²) < 4.78 is 0. The monoisotopic (exact) mass is 1800 g/mol. The molecule has 0 nitrogen and oxygen atoms in total. The molecule has 0 radical (unpaired) electrons. The SMILES string of the molecule is c1ccc(-c2ccc(-c3ccc4c(-c5cccc6ccccc56)c5ccccc5c(-c5cccc(-c6ccc7ccccc7c6)c5)c4c3)cc2)cc1.c1ccc(-c2ccc(-c3ccc4c(-c5cccc6ccccc56)c5ccccc5c(-c5ccccc5-c5ccc6ccccc6c5)c4c3)cc2)cc1.c1ccc(-c2cccc(-c3ccc4c(-c5ccccc5)c5ccccc5c(-c5ccccc5)c4c3)c2)cc1. The van der Waals surface area contributed by atoms with Crippen molar-refractivity contribution >= 4 is 108 Å². The minimum Gasteiger partial charge on any atom is -0.0622 e. The summed E-state index contributed by atoms with van der Waals surface area (Å²) in [5.41, 5.74) is 34.6. The molecular formula is C142H94. The first-order chi connectivity index (χ1) is 70.4. The Kier molecular flexibility index (Phi) is 22.5. The minimum absolute atomic E-state index is 1.20. The van der Waals surface area contributed by atoms with Crippen LogP contribution in [0.25, 0.3) is 264 Å². The van der Waals surface area contributed by atoms with Crippen molar-refractivity contribution in [2.24, 2.45) is 0 Å². The maximum atomic E-state index is 2.43. The third-order valence-corrected chi connectivity index (χ3v) is 28.8. The van der Waals surface area contributed by atoms with Gasteiger partial charge in [0, 0.05) is 0 Å². The van der Waals surface area contributed by atoms with E-state index in [0.29, 0.717) is 0 Å². The lowest BCUT2D eigenvalue weighted by molar-refractivity contribution is 1.60. The molecule has 0 spiro atoms. The van der Waals surface area contributed by atoms with Crippen molar-refractivity contribution in [1.29, 1.82) is 0 Å². The van der Waals surface area contributed by atoms with Gasteiger partial charge in [-0.25, -0.2) is 0 Å². The van der Waals surface area contributed by atoms with Gasteiger partial charge in [-0.15, -0.1) is 0 Å². The number of hydrogen-bond donors (Lipinski definition) is 0. The normalized spacial score (nSPS) is 11.4. The average Bonchev–Trinajstić information content (AvgIpc) is 0.728. The third-order valence-electron chi connectivity index (χ3n) is 28.8. The van der Waals surface area contributed by atoms with Crippen molar-refractivity contribution in [1.82, 2.24) is 0 Å². The quantitative estimate of drug-likeness (QED) is 0.0952. The highest BCUT2D eigenvalue weighted by molar-refractivity contribution is 6.28. The molecule has 0 amide bonds. The zero-order valence-electron chi connectivity index (χ0n) is 78.3. The molecule has 0 aliphatic heterocycles. The fraction of sp³-hybridized carbons (Fsp3) is 0. The van der Waals surface area contributed by atoms with E-state index in [1.165, 1.54) is 264 Å². The lowest BCUT2D eigenvalue weighted by Crippen LogP contribution is -1.94. The molecule has 0 aliphatic carbocycles. The summed E-state index contributed by atoms with van der Waals surface area (Å²) in [5.74, 6) is 0. The minimum atomic E-state index is 1.20. The van der Waals surface area contributed by atoms with Gasteiger partial charge in [-0.3, -0.25) is 0 Å². The molecule has 0 fully saturated rings. The zero-order valence-corrected chi connectivity index (χ0v) is 78.3. The second kappa shape index (κ2) is 37.6. The van der Waals surface area contributed by atoms with Crippen LogP contribution in [0.15, 0.2) is 570 Å². The van der Waals surface area contributed by atoms with Crippen LogP contribution in [0.2, 0.25) is 0 Å². The first kappa shape index (κ1) is 85.2. The van der Waals surface area contributed by atoms with Gasteiger partial charge in [0.1, 0.15) is 0 Å². The van der Waals surface area contributed by atoms with Crippen LogP contribution in [0.5, 0.6) is 0 Å². The lowest BCUT2D eigenvalue weighted by Gasteiger charge is -2.21. The second-order valence-electron chi connectivity index (χ2n) is 37.0. The summed E-state index contributed by atoms with van der Waals surface area (Å²) in [6.07, 6.45) is 0. The number of hydrogen-bond acceptors (Lipinski definition) is 0. The van der Waals surface area contributed by atoms with Gasteiger partial charge in [0.05, 0.1) is 0 Å². The standard InChI is InChI=1S/2C52H34.C38H26/c1-2-12-35(13-3-1)37-24-26-38(27-25-37)43-30-31-49-50(34-43)51(44-19-10-18-41(33-44)42-29-28-36-14-4-5-16-40(36)32-42)47-21-8-9-22-48(47)52(49)46-23-11-17-39-15-6-7-20-45(39)46;1-2-13-35(14-3-1)37-25-27-38(28-26-37)41-31-32-49-50(34-41)52(45-21-9-8-20-44(45)42-30-29-36-15-4-5-17-40(36)33-42)48-23-11-10-22-47(48)51(49)46-24-12-18-39-16-6-7-19-43(39)46;1-4-13-27(14-5-1)30-19-12-20-31(25-30)32-23-24-35-36(26-32)38(29-17-8-3-9-18-29)34-22-11-10-21-33(34)37(35)28-15-6-2-7-16-28/h2*1-34H;1-26H. The molecule has 27 aromatic rings. The molecule has 0 atom stereocenters. The average molecular weight is 1800 g/mol. The summed E-state index contributed by atoms with van der Waals surface area (Å²) in [7, 11) is 0. The van der Waals surface area contributed by atoms with Gasteiger partial charge in [-0.1, -0.05) is 528 Å². The Morgan fingerprint density at radius 1 is 0.0704 bits per heavy atom. The maximum absolute atomic E-state index is 2.43. The van der Waals surface area contributed by atoms with E-state index in [4.69, 9.17) is 0 Å². The molecule has 0 unspecified atom stereocenters. The molecule has 0 saturated heterocycles. The molecule has 0 heterocycles. The van der Waals surface area contributed by atoms with E-state index in [-0.39, 0.29) is 0 Å². The van der Waals surface area contributed by atoms with E-state index in [0.717, 1.165) is 0 Å². The summed E-state index contributed by atoms with van der Waals surface area (Å²) in [5, 5.41) is 25.2. The van der Waals surface area contributed by atoms with Gasteiger partial charge in [-0.05, 0) is 306 Å². The maximum Gasteiger partial charge on any atom is -0.00199 e. The van der Waals surface area contributed by atoms with Crippen LogP contribution in [0.1, 0.15) is 0 Å². The Bertz CT molecular complexity index is 9460. The molecule has 0 bridgehead atoms. The van der Waals surface area contributed by atoms with Crippen LogP contribution in [0.3, 0.4) is 0 Å². The summed E-state index contributed by atoms with van der Waals surface area (Å²) in [4.78, 5) is 0. The van der Waals surface area contributed by atoms with Crippen molar-refractivity contribution in [2.45, 2.75) is 0 Å². The van der Waals surface area contributed by atoms with E-state index in [1.807, 2.05) is 0 Å². The van der Waals surface area contributed by atoms with Crippen molar-refractivity contribution in [3.63, 3.8) is 0 Å². The molecular weight excluding hydrogens is 1710 g/mol. The van der Waals surface area contributed by atoms with E-state index in [9.17, 15) is 0 Å². The van der Waals surface area contributed by atoms with Gasteiger partial charge in [0.2, 0.25) is 0 Å². The van der Waals surface area contributed by atoms with Crippen molar-refractivity contribution < 1.29 is 0 Å². The van der Waals surface area contributed by atoms with Crippen LogP contribution < -0.4 is 0 Å². The van der Waals surface area contributed by atoms with E-state index in [2.05, 4.69) is 570 Å². The Morgan fingerprint density at radius 2 is 0.275 bits per heavy atom. The Morgan fingerprint density at radius 3 is 0.704 bits per heavy atom. The second-order valence-corrected chi connectivity index (χ2v) is 37.0. The van der Waals surface area contributed by atoms with Gasteiger partial charge in [0.25, 0.3) is 0 Å². The molecule has 27 rings (SSSR count). The molecule has 0 aromatic heterocycles. The fourth-order valence-corrected chi connectivity index (χ4v) is 22.0. The number of rotatable bonds is 14. The Balaban J connectivity index is 0.000000114. The van der Waals surface area contributed by atoms with Gasteiger partial charge >= 0.3 is 0 Å². The summed E-state index contributed by atoms with van der Waals surface area (Å²) in [6, 6.07) is 208. The van der Waals surface area contributed by atoms with E-state index in [1.54, 1.807) is 0 Å². The highest BCUT2D eigenvalue weighted by Crippen LogP contribution is 2.53. The van der Waals surface area contributed by atoms with Gasteiger partial charge in [0.15, 0.2) is 0 Å². The van der Waals surface area contributed by atoms with E-state index >= 15 is 0 Å². The predicted molar refractivity (Wildman–Crippen MR) is 610 cm³/mol. The summed E-state index contributed by atoms with van der Waals surface area (Å²) in [6.45, 7) is 0. The Hall–Kier alpha value is -18.5. The van der Waals surface area contributed by atoms with Crippen molar-refractivity contribution in [2.75, 3.05) is 0 Å². The predicted octanol–water partition coefficient (Wildman–Crippen LogP) is 39.9. The first-order valence-corrected chi connectivity index (χ1v) is 49.1. The topological polar surface area (TPSA) is 0 Å². The van der Waals surface area contributed by atoms with Gasteiger partial charge in [-0.2, -0.15) is 0 Å². The third kappa shape index (κ3) is 16.2. The highest BCUT2D eigenvalue weighted by Gasteiger charge is 2.25. The van der Waals surface area contributed by atoms with Crippen LogP contribution in [-0.4, -0.2) is 0 Å². The lowest BCUT2D eigenvalue weighted by atomic mass is 9.82. The molecule has 0 aliphatic rings. The van der Waals surface area contributed by atoms with Crippen molar-refractivity contribution in [3.8, 4) is 156 Å². The van der Waals surface area contributed by atoms with Crippen LogP contribution in [-0.2, 0) is 0 Å². The molecule has 142 heavy (non-hydrogen) atoms. The molecule has 662 valence electrons. The highest BCUT2D eigenvalue weighted by atomic mass is 14.3. The van der Waals surface area contributed by atoms with Crippen LogP contribution >= 0.6 is 0 Å². The Labute approximate surface area is 827 Å². The molecule has 27 aromatic carbocycles. The summed E-state index contributed by atoms with van der Waals surface area (Å²) >= 11 is 0. The largest absolute Gasteiger partial charge is 0.0622 e. The first-order valence-electron chi connectivity index (χ1n) is 49.1. The van der Waals surface area contributed by atoms with Crippen molar-refractivity contribution in [3.05, 3.63) is 570 Å². The number of benzene rings is 27. The zero-order chi connectivity index (χ0) is 94.2. The fourth-order valence-electron chi connectivity index (χ4n) is 22.0. The van der Waals surface area contributed by atoms with E-state index < -0.39 is 0 Å². The van der Waals surface area contributed by atoms with Gasteiger partial charge < -0.3 is 0 Å². The van der Waals surface area contributed by atoms with Crippen LogP contribution in [0.4, 0.5) is 0 Å². The van der Waals surface area contributed by atoms with Crippen LogP contribution in [0, 0.1) is 0 Å². The molecule has 0 N–H and O–H groups in total. The number of fused-ring (bicyclic) bond motifs is 10.